The Morgan fingerprint density at radius 2 is 2.00 bits per heavy atom. The summed E-state index contributed by atoms with van der Waals surface area (Å²) in [6, 6.07) is 5.95. The first kappa shape index (κ1) is 11.1. The molecule has 0 saturated heterocycles. The van der Waals surface area contributed by atoms with E-state index in [9.17, 15) is 9.18 Å². The van der Waals surface area contributed by atoms with Gasteiger partial charge in [0.2, 0.25) is 5.91 Å². The number of hydrogen-bond donors (Lipinski definition) is 1. The topological polar surface area (TPSA) is 46.3 Å². The number of anilines is 1. The predicted octanol–water partition coefficient (Wildman–Crippen LogP) is 1.53. The van der Waals surface area contributed by atoms with Crippen LogP contribution in [0.2, 0.25) is 0 Å². The Hall–Kier alpha value is -1.42. The zero-order valence-corrected chi connectivity index (χ0v) is 9.03. The standard InChI is InChI=1S/C12H15FN2O/c13-10-3-5-11(6-4-10)15(8-7-14)12(16)9-1-2-9/h3-6,9H,1-2,7-8,14H2. The molecule has 0 bridgehead atoms. The normalized spacial score (nSPS) is 14.9. The van der Waals surface area contributed by atoms with Crippen LogP contribution in [0.25, 0.3) is 0 Å². The molecule has 0 atom stereocenters. The second-order valence-electron chi connectivity index (χ2n) is 4.03. The largest absolute Gasteiger partial charge is 0.329 e. The Labute approximate surface area is 94.0 Å². The monoisotopic (exact) mass is 222 g/mol. The van der Waals surface area contributed by atoms with Crippen LogP contribution >= 0.6 is 0 Å². The fourth-order valence-electron chi connectivity index (χ4n) is 1.67. The summed E-state index contributed by atoms with van der Waals surface area (Å²) in [4.78, 5) is 13.6. The average Bonchev–Trinajstić information content (AvgIpc) is 3.10. The average molecular weight is 222 g/mol. The van der Waals surface area contributed by atoms with Crippen LogP contribution in [-0.2, 0) is 4.79 Å². The van der Waals surface area contributed by atoms with E-state index in [1.165, 1.54) is 12.1 Å². The van der Waals surface area contributed by atoms with Gasteiger partial charge in [-0.2, -0.15) is 0 Å². The van der Waals surface area contributed by atoms with Gasteiger partial charge in [0.15, 0.2) is 0 Å². The number of benzene rings is 1. The summed E-state index contributed by atoms with van der Waals surface area (Å²) >= 11 is 0. The minimum atomic E-state index is -0.296. The van der Waals surface area contributed by atoms with Crippen molar-refractivity contribution >= 4 is 11.6 Å². The lowest BCUT2D eigenvalue weighted by molar-refractivity contribution is -0.119. The van der Waals surface area contributed by atoms with Gasteiger partial charge in [0.25, 0.3) is 0 Å². The summed E-state index contributed by atoms with van der Waals surface area (Å²) < 4.78 is 12.8. The Kier molecular flexibility index (Phi) is 3.19. The summed E-state index contributed by atoms with van der Waals surface area (Å²) in [6.45, 7) is 0.900. The number of carbonyl (C=O) groups is 1. The highest BCUT2D eigenvalue weighted by molar-refractivity contribution is 5.96. The maximum absolute atomic E-state index is 12.8. The van der Waals surface area contributed by atoms with Gasteiger partial charge in [0, 0.05) is 24.7 Å². The molecule has 1 aliphatic rings. The second kappa shape index (κ2) is 4.61. The molecular weight excluding hydrogens is 207 g/mol. The van der Waals surface area contributed by atoms with Crippen LogP contribution in [0.15, 0.2) is 24.3 Å². The molecule has 16 heavy (non-hydrogen) atoms. The van der Waals surface area contributed by atoms with Crippen LogP contribution in [0.3, 0.4) is 0 Å². The van der Waals surface area contributed by atoms with Crippen molar-refractivity contribution in [3.63, 3.8) is 0 Å². The molecule has 1 aromatic carbocycles. The molecule has 1 amide bonds. The first-order valence-corrected chi connectivity index (χ1v) is 5.49. The van der Waals surface area contributed by atoms with E-state index in [0.29, 0.717) is 13.1 Å². The van der Waals surface area contributed by atoms with Crippen LogP contribution in [0.4, 0.5) is 10.1 Å². The number of carbonyl (C=O) groups excluding carboxylic acids is 1. The molecule has 0 radical (unpaired) electrons. The second-order valence-corrected chi connectivity index (χ2v) is 4.03. The third kappa shape index (κ3) is 2.39. The summed E-state index contributed by atoms with van der Waals surface area (Å²) in [5.41, 5.74) is 6.21. The van der Waals surface area contributed by atoms with Gasteiger partial charge in [-0.1, -0.05) is 0 Å². The Bertz CT molecular complexity index is 373. The van der Waals surface area contributed by atoms with E-state index in [0.717, 1.165) is 18.5 Å². The van der Waals surface area contributed by atoms with Crippen molar-refractivity contribution in [3.8, 4) is 0 Å². The van der Waals surface area contributed by atoms with Gasteiger partial charge >= 0.3 is 0 Å². The molecule has 1 aromatic rings. The van der Waals surface area contributed by atoms with Crippen LogP contribution in [0, 0.1) is 11.7 Å². The van der Waals surface area contributed by atoms with Crippen LogP contribution < -0.4 is 10.6 Å². The van der Waals surface area contributed by atoms with Gasteiger partial charge in [0.1, 0.15) is 5.82 Å². The van der Waals surface area contributed by atoms with Gasteiger partial charge in [0.05, 0.1) is 0 Å². The number of nitrogens with two attached hydrogens (primary N) is 1. The van der Waals surface area contributed by atoms with Crippen molar-refractivity contribution in [1.82, 2.24) is 0 Å². The summed E-state index contributed by atoms with van der Waals surface area (Å²) in [5.74, 6) is -0.0380. The highest BCUT2D eigenvalue weighted by atomic mass is 19.1. The fraction of sp³-hybridized carbons (Fsp3) is 0.417. The lowest BCUT2D eigenvalue weighted by Gasteiger charge is -2.22. The number of hydrogen-bond acceptors (Lipinski definition) is 2. The molecule has 2 N–H and O–H groups in total. The zero-order valence-electron chi connectivity index (χ0n) is 9.03. The van der Waals surface area contributed by atoms with E-state index in [4.69, 9.17) is 5.73 Å². The number of nitrogens with zero attached hydrogens (tertiary/aromatic N) is 1. The van der Waals surface area contributed by atoms with Gasteiger partial charge in [-0.15, -0.1) is 0 Å². The third-order valence-corrected chi connectivity index (χ3v) is 2.68. The highest BCUT2D eigenvalue weighted by Gasteiger charge is 2.33. The Morgan fingerprint density at radius 3 is 2.50 bits per heavy atom. The number of amides is 1. The molecule has 0 heterocycles. The molecule has 1 aliphatic carbocycles. The lowest BCUT2D eigenvalue weighted by Crippen LogP contribution is -2.36. The lowest BCUT2D eigenvalue weighted by atomic mass is 10.2. The van der Waals surface area contributed by atoms with Crippen molar-refractivity contribution in [2.24, 2.45) is 11.7 Å². The van der Waals surface area contributed by atoms with Crippen molar-refractivity contribution in [3.05, 3.63) is 30.1 Å². The molecule has 0 aromatic heterocycles. The van der Waals surface area contributed by atoms with Crippen molar-refractivity contribution in [2.75, 3.05) is 18.0 Å². The zero-order chi connectivity index (χ0) is 11.5. The summed E-state index contributed by atoms with van der Waals surface area (Å²) in [7, 11) is 0. The van der Waals surface area contributed by atoms with Crippen LogP contribution in [0.1, 0.15) is 12.8 Å². The van der Waals surface area contributed by atoms with Gasteiger partial charge in [-0.3, -0.25) is 4.79 Å². The minimum absolute atomic E-state index is 0.108. The molecule has 0 aliphatic heterocycles. The van der Waals surface area contributed by atoms with Gasteiger partial charge in [-0.25, -0.2) is 4.39 Å². The molecule has 0 unspecified atom stereocenters. The third-order valence-electron chi connectivity index (χ3n) is 2.68. The maximum Gasteiger partial charge on any atom is 0.230 e. The molecule has 0 spiro atoms. The Morgan fingerprint density at radius 1 is 1.38 bits per heavy atom. The van der Waals surface area contributed by atoms with Crippen LogP contribution in [0.5, 0.6) is 0 Å². The van der Waals surface area contributed by atoms with Crippen molar-refractivity contribution in [1.29, 1.82) is 0 Å². The quantitative estimate of drug-likeness (QED) is 0.839. The number of halogens is 1. The first-order valence-electron chi connectivity index (χ1n) is 5.49. The molecule has 1 fully saturated rings. The van der Waals surface area contributed by atoms with E-state index in [2.05, 4.69) is 0 Å². The van der Waals surface area contributed by atoms with Crippen molar-refractivity contribution < 1.29 is 9.18 Å². The maximum atomic E-state index is 12.8. The van der Waals surface area contributed by atoms with E-state index in [1.54, 1.807) is 17.0 Å². The molecule has 3 nitrogen and oxygen atoms in total. The summed E-state index contributed by atoms with van der Waals surface area (Å²) in [5, 5.41) is 0. The smallest absolute Gasteiger partial charge is 0.230 e. The van der Waals surface area contributed by atoms with Gasteiger partial charge in [-0.05, 0) is 37.1 Å². The van der Waals surface area contributed by atoms with E-state index in [-0.39, 0.29) is 17.6 Å². The molecule has 4 heteroatoms. The van der Waals surface area contributed by atoms with Gasteiger partial charge < -0.3 is 10.6 Å². The Balaban J connectivity index is 2.17. The molecule has 2 rings (SSSR count). The first-order chi connectivity index (χ1) is 7.72. The fourth-order valence-corrected chi connectivity index (χ4v) is 1.67. The molecule has 86 valence electrons. The SMILES string of the molecule is NCCN(C(=O)C1CC1)c1ccc(F)cc1. The predicted molar refractivity (Wildman–Crippen MR) is 60.5 cm³/mol. The highest BCUT2D eigenvalue weighted by Crippen LogP contribution is 2.32. The number of rotatable bonds is 4. The summed E-state index contributed by atoms with van der Waals surface area (Å²) in [6.07, 6.45) is 1.92. The van der Waals surface area contributed by atoms with Crippen LogP contribution in [-0.4, -0.2) is 19.0 Å². The van der Waals surface area contributed by atoms with E-state index < -0.39 is 0 Å². The molecular formula is C12H15FN2O. The van der Waals surface area contributed by atoms with E-state index in [1.807, 2.05) is 0 Å². The van der Waals surface area contributed by atoms with E-state index >= 15 is 0 Å². The van der Waals surface area contributed by atoms with Crippen molar-refractivity contribution in [2.45, 2.75) is 12.8 Å². The molecule has 1 saturated carbocycles. The minimum Gasteiger partial charge on any atom is -0.329 e.